The Hall–Kier alpha value is -2.81. The monoisotopic (exact) mass is 958 g/mol. The second-order valence-electron chi connectivity index (χ2n) is 17.7. The van der Waals surface area contributed by atoms with Gasteiger partial charge >= 0.3 is 19.8 Å². The fourth-order valence-corrected chi connectivity index (χ4v) is 8.05. The number of phosphoric ester groups is 1. The lowest BCUT2D eigenvalue weighted by molar-refractivity contribution is -0.161. The lowest BCUT2D eigenvalue weighted by atomic mass is 10.1. The second kappa shape index (κ2) is 52.6. The highest BCUT2D eigenvalue weighted by molar-refractivity contribution is 7.47. The van der Waals surface area contributed by atoms with E-state index in [1.807, 2.05) is 0 Å². The first-order chi connectivity index (χ1) is 32.8. The Morgan fingerprint density at radius 3 is 1.24 bits per heavy atom. The van der Waals surface area contributed by atoms with Gasteiger partial charge in [0.2, 0.25) is 0 Å². The Kier molecular flexibility index (Phi) is 50.4. The number of nitrogens with two attached hydrogens (primary N) is 1. The molecule has 9 nitrogen and oxygen atoms in total. The maximum absolute atomic E-state index is 12.7. The molecule has 0 fully saturated rings. The molecule has 67 heavy (non-hydrogen) atoms. The molecule has 0 saturated heterocycles. The van der Waals surface area contributed by atoms with Gasteiger partial charge in [0.1, 0.15) is 6.61 Å². The number of esters is 2. The number of rotatable bonds is 50. The third-order valence-corrected chi connectivity index (χ3v) is 12.2. The molecule has 386 valence electrons. The smallest absolute Gasteiger partial charge is 0.462 e. The maximum Gasteiger partial charge on any atom is 0.472 e. The molecule has 0 aromatic heterocycles. The van der Waals surface area contributed by atoms with Crippen LogP contribution in [0.4, 0.5) is 0 Å². The molecule has 0 aliphatic heterocycles. The summed E-state index contributed by atoms with van der Waals surface area (Å²) in [5.41, 5.74) is 5.37. The van der Waals surface area contributed by atoms with Crippen LogP contribution in [0.5, 0.6) is 0 Å². The molecule has 0 aliphatic rings. The first-order valence-corrected chi connectivity index (χ1v) is 28.6. The minimum absolute atomic E-state index is 0.0466. The zero-order chi connectivity index (χ0) is 48.8. The minimum Gasteiger partial charge on any atom is -0.462 e. The van der Waals surface area contributed by atoms with Gasteiger partial charge in [0.15, 0.2) is 6.10 Å². The lowest BCUT2D eigenvalue weighted by Gasteiger charge is -2.19. The second-order valence-corrected chi connectivity index (χ2v) is 19.2. The summed E-state index contributed by atoms with van der Waals surface area (Å²) in [6.45, 7) is 3.61. The number of allylic oxidation sites excluding steroid dienone is 14. The molecule has 0 bridgehead atoms. The lowest BCUT2D eigenvalue weighted by Crippen LogP contribution is -2.29. The van der Waals surface area contributed by atoms with Crippen LogP contribution in [0.15, 0.2) is 85.1 Å². The molecule has 2 atom stereocenters. The van der Waals surface area contributed by atoms with Gasteiger partial charge in [0.05, 0.1) is 13.2 Å². The number of unbranched alkanes of at least 4 members (excludes halogenated alkanes) is 23. The number of phosphoric acid groups is 1. The van der Waals surface area contributed by atoms with Crippen molar-refractivity contribution >= 4 is 19.8 Å². The van der Waals surface area contributed by atoms with E-state index in [9.17, 15) is 19.0 Å². The van der Waals surface area contributed by atoms with Crippen molar-refractivity contribution < 1.29 is 37.6 Å². The molecule has 0 heterocycles. The van der Waals surface area contributed by atoms with Crippen LogP contribution in [0.25, 0.3) is 0 Å². The van der Waals surface area contributed by atoms with Crippen molar-refractivity contribution in [3.05, 3.63) is 85.1 Å². The molecule has 0 spiro atoms. The summed E-state index contributed by atoms with van der Waals surface area (Å²) >= 11 is 0. The molecular formula is C57H100NO8P. The molecule has 0 amide bonds. The van der Waals surface area contributed by atoms with Gasteiger partial charge in [-0.1, -0.05) is 214 Å². The van der Waals surface area contributed by atoms with Gasteiger partial charge < -0.3 is 20.1 Å². The van der Waals surface area contributed by atoms with Crippen LogP contribution < -0.4 is 5.73 Å². The average molecular weight is 958 g/mol. The predicted molar refractivity (Wildman–Crippen MR) is 284 cm³/mol. The highest BCUT2D eigenvalue weighted by Crippen LogP contribution is 2.43. The van der Waals surface area contributed by atoms with Crippen molar-refractivity contribution in [2.45, 2.75) is 238 Å². The van der Waals surface area contributed by atoms with Crippen molar-refractivity contribution in [2.24, 2.45) is 5.73 Å². The highest BCUT2D eigenvalue weighted by atomic mass is 31.2. The molecule has 2 unspecified atom stereocenters. The van der Waals surface area contributed by atoms with Crippen LogP contribution in [0, 0.1) is 0 Å². The third-order valence-electron chi connectivity index (χ3n) is 11.3. The van der Waals surface area contributed by atoms with E-state index in [0.717, 1.165) is 96.3 Å². The molecule has 0 saturated carbocycles. The Balaban J connectivity index is 4.08. The van der Waals surface area contributed by atoms with Crippen molar-refractivity contribution in [3.63, 3.8) is 0 Å². The van der Waals surface area contributed by atoms with Gasteiger partial charge in [-0.25, -0.2) is 4.57 Å². The molecule has 0 aromatic rings. The quantitative estimate of drug-likeness (QED) is 0.0264. The number of ether oxygens (including phenoxy) is 2. The standard InChI is InChI=1S/C57H100NO8P/c1-3-5-7-9-11-13-15-17-19-21-23-25-26-27-28-30-32-34-36-38-40-42-44-46-48-50-57(60)66-55(54-65-67(61,62)64-52-51-58)53-63-56(59)49-47-45-43-41-39-37-35-33-31-29-24-22-20-18-16-14-12-10-8-6-4-2/h5,7,11,13,17,19,22-25,27-28,32,34,55H,3-4,6,8-10,12,14-16,18,20-21,26,29-31,33,35-54,58H2,1-2H3,(H,61,62)/b7-5-,13-11-,19-17-,24-22-,25-23-,28-27-,34-32-. The molecule has 0 aromatic carbocycles. The third kappa shape index (κ3) is 52.4. The van der Waals surface area contributed by atoms with Crippen LogP contribution in [0.3, 0.4) is 0 Å². The summed E-state index contributed by atoms with van der Waals surface area (Å²) in [4.78, 5) is 35.1. The summed E-state index contributed by atoms with van der Waals surface area (Å²) in [5.74, 6) is -0.848. The van der Waals surface area contributed by atoms with E-state index >= 15 is 0 Å². The zero-order valence-electron chi connectivity index (χ0n) is 42.9. The van der Waals surface area contributed by atoms with Crippen LogP contribution in [0.1, 0.15) is 232 Å². The summed E-state index contributed by atoms with van der Waals surface area (Å²) in [7, 11) is -4.40. The van der Waals surface area contributed by atoms with Crippen LogP contribution in [0.2, 0.25) is 0 Å². The summed E-state index contributed by atoms with van der Waals surface area (Å²) in [5, 5.41) is 0. The van der Waals surface area contributed by atoms with E-state index in [0.29, 0.717) is 6.42 Å². The van der Waals surface area contributed by atoms with E-state index in [4.69, 9.17) is 24.3 Å². The number of carbonyl (C=O) groups excluding carboxylic acids is 2. The summed E-state index contributed by atoms with van der Waals surface area (Å²) in [6, 6.07) is 0. The molecule has 3 N–H and O–H groups in total. The Bertz CT molecular complexity index is 1370. The van der Waals surface area contributed by atoms with Gasteiger partial charge in [0.25, 0.3) is 0 Å². The Morgan fingerprint density at radius 1 is 0.463 bits per heavy atom. The van der Waals surface area contributed by atoms with Crippen LogP contribution in [-0.2, 0) is 32.7 Å². The number of hydrogen-bond acceptors (Lipinski definition) is 8. The normalized spacial score (nSPS) is 13.8. The van der Waals surface area contributed by atoms with E-state index in [-0.39, 0.29) is 38.6 Å². The van der Waals surface area contributed by atoms with Crippen LogP contribution in [-0.4, -0.2) is 49.3 Å². The van der Waals surface area contributed by atoms with Crippen LogP contribution >= 0.6 is 7.82 Å². The van der Waals surface area contributed by atoms with Crippen molar-refractivity contribution in [2.75, 3.05) is 26.4 Å². The zero-order valence-corrected chi connectivity index (χ0v) is 43.8. The minimum atomic E-state index is -4.40. The summed E-state index contributed by atoms with van der Waals surface area (Å²) in [6.07, 6.45) is 67.6. The van der Waals surface area contributed by atoms with Crippen molar-refractivity contribution in [1.82, 2.24) is 0 Å². The van der Waals surface area contributed by atoms with Crippen molar-refractivity contribution in [1.29, 1.82) is 0 Å². The highest BCUT2D eigenvalue weighted by Gasteiger charge is 2.26. The SMILES string of the molecule is CC/C=C\C/C=C\C/C=C\C/C=C\C/C=C\C/C=C\CCCCCCCCC(=O)OC(COC(=O)CCCCCCCCCCC/C=C\CCCCCCCCCC)COP(=O)(O)OCCN. The molecule has 0 rings (SSSR count). The largest absolute Gasteiger partial charge is 0.472 e. The van der Waals surface area contributed by atoms with E-state index in [1.165, 1.54) is 103 Å². The molecular weight excluding hydrogens is 858 g/mol. The van der Waals surface area contributed by atoms with Gasteiger partial charge in [-0.15, -0.1) is 0 Å². The van der Waals surface area contributed by atoms with Crippen molar-refractivity contribution in [3.8, 4) is 0 Å². The number of hydrogen-bond donors (Lipinski definition) is 2. The van der Waals surface area contributed by atoms with E-state index in [1.54, 1.807) is 0 Å². The molecule has 0 radical (unpaired) electrons. The Labute approximate surface area is 411 Å². The summed E-state index contributed by atoms with van der Waals surface area (Å²) < 4.78 is 33.0. The maximum atomic E-state index is 12.7. The van der Waals surface area contributed by atoms with Gasteiger partial charge in [0, 0.05) is 19.4 Å². The van der Waals surface area contributed by atoms with E-state index in [2.05, 4.69) is 98.9 Å². The van der Waals surface area contributed by atoms with Gasteiger partial charge in [-0.3, -0.25) is 18.6 Å². The fourth-order valence-electron chi connectivity index (χ4n) is 7.28. The van der Waals surface area contributed by atoms with Gasteiger partial charge in [-0.05, 0) is 89.9 Å². The first-order valence-electron chi connectivity index (χ1n) is 27.1. The fraction of sp³-hybridized carbons (Fsp3) is 0.719. The number of carbonyl (C=O) groups is 2. The Morgan fingerprint density at radius 2 is 0.821 bits per heavy atom. The molecule has 0 aliphatic carbocycles. The predicted octanol–water partition coefficient (Wildman–Crippen LogP) is 16.7. The molecule has 10 heteroatoms. The average Bonchev–Trinajstić information content (AvgIpc) is 3.32. The van der Waals surface area contributed by atoms with E-state index < -0.39 is 26.5 Å². The first kappa shape index (κ1) is 64.2. The topological polar surface area (TPSA) is 134 Å². The van der Waals surface area contributed by atoms with Gasteiger partial charge in [-0.2, -0.15) is 0 Å².